The van der Waals surface area contributed by atoms with Gasteiger partial charge in [-0.3, -0.25) is 4.55 Å². The van der Waals surface area contributed by atoms with Crippen molar-refractivity contribution >= 4 is 41.1 Å². The third-order valence-corrected chi connectivity index (χ3v) is 4.56. The van der Waals surface area contributed by atoms with Crippen LogP contribution < -0.4 is 8.37 Å². The van der Waals surface area contributed by atoms with Crippen molar-refractivity contribution in [3.8, 4) is 11.5 Å². The van der Waals surface area contributed by atoms with E-state index < -0.39 is 35.2 Å². The number of fused-ring (bicyclic) bond motifs is 1. The smallest absolute Gasteiger partial charge is 0.306 e. The van der Waals surface area contributed by atoms with Gasteiger partial charge in [0, 0.05) is 10.8 Å². The van der Waals surface area contributed by atoms with E-state index in [1.165, 1.54) is 12.1 Å². The summed E-state index contributed by atoms with van der Waals surface area (Å²) < 4.78 is 86.6. The highest BCUT2D eigenvalue weighted by atomic mass is 32.2. The van der Waals surface area contributed by atoms with Crippen molar-refractivity contribution in [1.29, 1.82) is 0 Å². The third kappa shape index (κ3) is 4.56. The van der Waals surface area contributed by atoms with Gasteiger partial charge in [0.05, 0.1) is 12.5 Å². The highest BCUT2D eigenvalue weighted by Crippen LogP contribution is 2.34. The fraction of sp³-hybridized carbons (Fsp3) is 0.167. The molecule has 2 rings (SSSR count). The average molecular weight is 396 g/mol. The highest BCUT2D eigenvalue weighted by Gasteiger charge is 2.19. The number of hydrogen-bond acceptors (Lipinski definition) is 8. The molecule has 2 aromatic rings. The first-order valence-corrected chi connectivity index (χ1v) is 11.2. The number of benzene rings is 2. The van der Waals surface area contributed by atoms with Gasteiger partial charge in [-0.05, 0) is 30.3 Å². The molecule has 0 aliphatic carbocycles. The van der Waals surface area contributed by atoms with E-state index in [0.29, 0.717) is 0 Å². The fourth-order valence-corrected chi connectivity index (χ4v) is 3.57. The molecule has 0 heterocycles. The second-order valence-electron chi connectivity index (χ2n) is 4.82. The standard InChI is InChI=1S/C12H12O9S3/c1-22(13,14)20-8-3-4-9-10(7-8)12(24(17,18)19)6-5-11(9)21-23(2,15)16/h3-7H,1-2H3,(H,17,18,19). The Labute approximate surface area is 138 Å². The maximum Gasteiger partial charge on any atom is 0.306 e. The lowest BCUT2D eigenvalue weighted by Crippen LogP contribution is -2.08. The first kappa shape index (κ1) is 18.4. The van der Waals surface area contributed by atoms with Crippen LogP contribution in [0.5, 0.6) is 11.5 Å². The zero-order chi connectivity index (χ0) is 18.3. The Morgan fingerprint density at radius 3 is 1.88 bits per heavy atom. The molecule has 0 spiro atoms. The molecule has 132 valence electrons. The summed E-state index contributed by atoms with van der Waals surface area (Å²) in [5.41, 5.74) is 0. The summed E-state index contributed by atoms with van der Waals surface area (Å²) in [4.78, 5) is -0.558. The van der Waals surface area contributed by atoms with Crippen LogP contribution in [-0.2, 0) is 30.4 Å². The van der Waals surface area contributed by atoms with E-state index in [1.54, 1.807) is 0 Å². The minimum Gasteiger partial charge on any atom is -0.383 e. The topological polar surface area (TPSA) is 141 Å². The van der Waals surface area contributed by atoms with Crippen LogP contribution in [0.3, 0.4) is 0 Å². The quantitative estimate of drug-likeness (QED) is 0.572. The fourth-order valence-electron chi connectivity index (χ4n) is 1.96. The Balaban J connectivity index is 2.80. The Morgan fingerprint density at radius 2 is 1.38 bits per heavy atom. The minimum absolute atomic E-state index is 0.0244. The van der Waals surface area contributed by atoms with Crippen LogP contribution in [0.15, 0.2) is 35.2 Å². The van der Waals surface area contributed by atoms with E-state index >= 15 is 0 Å². The minimum atomic E-state index is -4.66. The lowest BCUT2D eigenvalue weighted by Gasteiger charge is -2.11. The third-order valence-electron chi connectivity index (χ3n) is 2.67. The molecule has 0 saturated carbocycles. The van der Waals surface area contributed by atoms with E-state index in [-0.39, 0.29) is 22.3 Å². The van der Waals surface area contributed by atoms with Crippen molar-refractivity contribution < 1.29 is 38.2 Å². The van der Waals surface area contributed by atoms with Crippen molar-refractivity contribution in [2.24, 2.45) is 0 Å². The van der Waals surface area contributed by atoms with E-state index in [4.69, 9.17) is 4.18 Å². The van der Waals surface area contributed by atoms with E-state index in [9.17, 15) is 29.8 Å². The van der Waals surface area contributed by atoms with Crippen LogP contribution in [0.1, 0.15) is 0 Å². The molecular formula is C12H12O9S3. The molecule has 0 aliphatic heterocycles. The first-order valence-electron chi connectivity index (χ1n) is 6.09. The van der Waals surface area contributed by atoms with Crippen LogP contribution in [-0.4, -0.2) is 42.3 Å². The average Bonchev–Trinajstić information content (AvgIpc) is 2.33. The summed E-state index contributed by atoms with van der Waals surface area (Å²) in [5.74, 6) is -0.405. The predicted molar refractivity (Wildman–Crippen MR) is 84.7 cm³/mol. The van der Waals surface area contributed by atoms with Gasteiger partial charge < -0.3 is 8.37 Å². The molecule has 0 saturated heterocycles. The van der Waals surface area contributed by atoms with Gasteiger partial charge in [-0.15, -0.1) is 0 Å². The molecule has 0 atom stereocenters. The molecule has 0 amide bonds. The van der Waals surface area contributed by atoms with Gasteiger partial charge in [0.25, 0.3) is 10.1 Å². The lowest BCUT2D eigenvalue weighted by atomic mass is 10.1. The SMILES string of the molecule is CS(=O)(=O)Oc1ccc2c(OS(C)(=O)=O)ccc(S(=O)(=O)O)c2c1. The highest BCUT2D eigenvalue weighted by molar-refractivity contribution is 7.86. The second-order valence-corrected chi connectivity index (χ2v) is 9.36. The van der Waals surface area contributed by atoms with Crippen molar-refractivity contribution in [3.05, 3.63) is 30.3 Å². The molecule has 0 bridgehead atoms. The van der Waals surface area contributed by atoms with Gasteiger partial charge >= 0.3 is 20.2 Å². The molecule has 0 aliphatic rings. The van der Waals surface area contributed by atoms with Gasteiger partial charge in [-0.1, -0.05) is 0 Å². The molecule has 0 aromatic heterocycles. The Kier molecular flexibility index (Phi) is 4.52. The number of rotatable bonds is 5. The number of hydrogen-bond donors (Lipinski definition) is 1. The summed E-state index contributed by atoms with van der Waals surface area (Å²) in [7, 11) is -12.4. The first-order chi connectivity index (χ1) is 10.8. The van der Waals surface area contributed by atoms with Crippen LogP contribution >= 0.6 is 0 Å². The summed E-state index contributed by atoms with van der Waals surface area (Å²) >= 11 is 0. The van der Waals surface area contributed by atoms with E-state index in [0.717, 1.165) is 30.7 Å². The summed E-state index contributed by atoms with van der Waals surface area (Å²) in [5, 5.41) is -0.142. The second kappa shape index (κ2) is 5.88. The molecule has 0 fully saturated rings. The Morgan fingerprint density at radius 1 is 0.792 bits per heavy atom. The van der Waals surface area contributed by atoms with Gasteiger partial charge in [-0.25, -0.2) is 0 Å². The normalized spacial score (nSPS) is 13.0. The van der Waals surface area contributed by atoms with Crippen molar-refractivity contribution in [2.45, 2.75) is 4.90 Å². The Bertz CT molecular complexity index is 1110. The monoisotopic (exact) mass is 396 g/mol. The molecule has 0 unspecified atom stereocenters. The van der Waals surface area contributed by atoms with Crippen molar-refractivity contribution in [3.63, 3.8) is 0 Å². The zero-order valence-electron chi connectivity index (χ0n) is 12.3. The van der Waals surface area contributed by atoms with Gasteiger partial charge in [0.15, 0.2) is 5.75 Å². The maximum absolute atomic E-state index is 11.5. The largest absolute Gasteiger partial charge is 0.383 e. The summed E-state index contributed by atoms with van der Waals surface area (Å²) in [6.45, 7) is 0. The van der Waals surface area contributed by atoms with Gasteiger partial charge in [0.1, 0.15) is 10.6 Å². The predicted octanol–water partition coefficient (Wildman–Crippen LogP) is 0.763. The van der Waals surface area contributed by atoms with Crippen molar-refractivity contribution in [2.75, 3.05) is 12.5 Å². The molecule has 1 N–H and O–H groups in total. The zero-order valence-corrected chi connectivity index (χ0v) is 14.8. The molecular weight excluding hydrogens is 384 g/mol. The maximum atomic E-state index is 11.5. The van der Waals surface area contributed by atoms with E-state index in [2.05, 4.69) is 4.18 Å². The van der Waals surface area contributed by atoms with Crippen LogP contribution in [0.25, 0.3) is 10.8 Å². The molecule has 12 heteroatoms. The molecule has 9 nitrogen and oxygen atoms in total. The Hall–Kier alpha value is -1.89. The molecule has 0 radical (unpaired) electrons. The molecule has 2 aromatic carbocycles. The van der Waals surface area contributed by atoms with Crippen LogP contribution in [0.2, 0.25) is 0 Å². The van der Waals surface area contributed by atoms with Gasteiger partial charge in [0.2, 0.25) is 0 Å². The molecule has 24 heavy (non-hydrogen) atoms. The lowest BCUT2D eigenvalue weighted by molar-refractivity contribution is 0.484. The summed E-state index contributed by atoms with van der Waals surface area (Å²) in [6.07, 6.45) is 1.60. The van der Waals surface area contributed by atoms with Crippen molar-refractivity contribution in [1.82, 2.24) is 0 Å². The van der Waals surface area contributed by atoms with Crippen LogP contribution in [0.4, 0.5) is 0 Å². The summed E-state index contributed by atoms with van der Waals surface area (Å²) in [6, 6.07) is 5.43. The van der Waals surface area contributed by atoms with E-state index in [1.807, 2.05) is 0 Å². The van der Waals surface area contributed by atoms with Gasteiger partial charge in [-0.2, -0.15) is 25.3 Å². The van der Waals surface area contributed by atoms with Crippen LogP contribution in [0, 0.1) is 0 Å².